The second-order valence-corrected chi connectivity index (χ2v) is 6.05. The zero-order chi connectivity index (χ0) is 16.1. The van der Waals surface area contributed by atoms with Gasteiger partial charge in [0.25, 0.3) is 0 Å². The van der Waals surface area contributed by atoms with Crippen LogP contribution >= 0.6 is 24.8 Å². The van der Waals surface area contributed by atoms with E-state index >= 15 is 0 Å². The van der Waals surface area contributed by atoms with Gasteiger partial charge >= 0.3 is 0 Å². The maximum atomic E-state index is 5.67. The van der Waals surface area contributed by atoms with E-state index in [0.29, 0.717) is 0 Å². The number of nitrogens with one attached hydrogen (secondary N) is 1. The van der Waals surface area contributed by atoms with Gasteiger partial charge in [0.05, 0.1) is 19.8 Å². The summed E-state index contributed by atoms with van der Waals surface area (Å²) in [7, 11) is 3.46. The molecule has 6 heteroatoms. The first kappa shape index (κ1) is 23.1. The summed E-state index contributed by atoms with van der Waals surface area (Å²) in [5.74, 6) is 1.81. The Balaban J connectivity index is 0.00000264. The predicted octanol–water partition coefficient (Wildman–Crippen LogP) is 3.77. The van der Waals surface area contributed by atoms with Gasteiger partial charge in [0.2, 0.25) is 0 Å². The molecule has 24 heavy (non-hydrogen) atoms. The molecule has 0 radical (unpaired) electrons. The second-order valence-electron chi connectivity index (χ2n) is 6.05. The molecular weight excluding hydrogens is 347 g/mol. The number of benzene rings is 1. The quantitative estimate of drug-likeness (QED) is 0.766. The van der Waals surface area contributed by atoms with Gasteiger partial charge in [-0.2, -0.15) is 0 Å². The summed E-state index contributed by atoms with van der Waals surface area (Å²) in [5.41, 5.74) is 3.46. The highest BCUT2D eigenvalue weighted by atomic mass is 35.5. The molecule has 4 nitrogen and oxygen atoms in total. The molecule has 1 fully saturated rings. The van der Waals surface area contributed by atoms with Gasteiger partial charge in [0, 0.05) is 32.2 Å². The van der Waals surface area contributed by atoms with E-state index in [1.807, 2.05) is 0 Å². The number of methoxy groups -OCH3 is 2. The van der Waals surface area contributed by atoms with Crippen LogP contribution in [0.3, 0.4) is 0 Å². The summed E-state index contributed by atoms with van der Waals surface area (Å²) in [5, 5.41) is 3.41. The third-order valence-corrected chi connectivity index (χ3v) is 4.16. The molecule has 1 aromatic rings. The summed E-state index contributed by atoms with van der Waals surface area (Å²) < 4.78 is 11.3. The first-order valence-electron chi connectivity index (χ1n) is 7.88. The molecule has 2 rings (SSSR count). The summed E-state index contributed by atoms with van der Waals surface area (Å²) in [6, 6.07) is 4.42. The molecule has 0 aliphatic carbocycles. The highest BCUT2D eigenvalue weighted by Crippen LogP contribution is 2.41. The van der Waals surface area contributed by atoms with Crippen LogP contribution in [-0.2, 0) is 0 Å². The molecule has 1 heterocycles. The fourth-order valence-corrected chi connectivity index (χ4v) is 3.14. The Morgan fingerprint density at radius 1 is 1.17 bits per heavy atom. The van der Waals surface area contributed by atoms with Crippen molar-refractivity contribution in [2.24, 2.45) is 0 Å². The van der Waals surface area contributed by atoms with Gasteiger partial charge in [0.1, 0.15) is 11.5 Å². The van der Waals surface area contributed by atoms with Crippen LogP contribution in [0.1, 0.15) is 30.5 Å². The molecule has 138 valence electrons. The van der Waals surface area contributed by atoms with Crippen molar-refractivity contribution >= 4 is 24.8 Å². The molecule has 0 unspecified atom stereocenters. The molecule has 0 bridgehead atoms. The largest absolute Gasteiger partial charge is 0.496 e. The van der Waals surface area contributed by atoms with Crippen LogP contribution in [0, 0.1) is 6.92 Å². The normalized spacial score (nSPS) is 15.7. The second kappa shape index (κ2) is 10.8. The number of ether oxygens (including phenoxy) is 2. The number of hydrogen-bond acceptors (Lipinski definition) is 4. The van der Waals surface area contributed by atoms with Crippen LogP contribution in [0.5, 0.6) is 11.5 Å². The number of hydrogen-bond donors (Lipinski definition) is 1. The Morgan fingerprint density at radius 2 is 1.67 bits per heavy atom. The molecule has 0 spiro atoms. The fraction of sp³-hybridized carbons (Fsp3) is 0.556. The third-order valence-electron chi connectivity index (χ3n) is 4.16. The lowest BCUT2D eigenvalue weighted by molar-refractivity contribution is 0.166. The van der Waals surface area contributed by atoms with Crippen LogP contribution < -0.4 is 14.8 Å². The maximum absolute atomic E-state index is 5.67. The highest BCUT2D eigenvalue weighted by Gasteiger charge is 2.28. The first-order chi connectivity index (χ1) is 10.6. The minimum atomic E-state index is 0. The van der Waals surface area contributed by atoms with Crippen LogP contribution in [-0.4, -0.2) is 45.3 Å². The summed E-state index contributed by atoms with van der Waals surface area (Å²) >= 11 is 0. The van der Waals surface area contributed by atoms with Gasteiger partial charge in [-0.1, -0.05) is 5.57 Å². The van der Waals surface area contributed by atoms with Crippen LogP contribution in [0.4, 0.5) is 0 Å². The van der Waals surface area contributed by atoms with Crippen molar-refractivity contribution in [2.45, 2.75) is 26.3 Å². The smallest absolute Gasteiger partial charge is 0.127 e. The number of aryl methyl sites for hydroxylation is 1. The van der Waals surface area contributed by atoms with Crippen molar-refractivity contribution < 1.29 is 9.47 Å². The Labute approximate surface area is 158 Å². The van der Waals surface area contributed by atoms with E-state index in [9.17, 15) is 0 Å². The molecule has 1 aliphatic heterocycles. The Bertz CT molecular complexity index is 507. The maximum Gasteiger partial charge on any atom is 0.127 e. The molecule has 1 aromatic carbocycles. The molecular formula is C18H30Cl2N2O2. The molecule has 0 aromatic heterocycles. The van der Waals surface area contributed by atoms with Crippen molar-refractivity contribution in [3.63, 3.8) is 0 Å². The highest BCUT2D eigenvalue weighted by molar-refractivity contribution is 5.85. The number of rotatable bonds is 6. The first-order valence-corrected chi connectivity index (χ1v) is 7.88. The van der Waals surface area contributed by atoms with Gasteiger partial charge in [-0.15, -0.1) is 31.4 Å². The minimum absolute atomic E-state index is 0. The van der Waals surface area contributed by atoms with Gasteiger partial charge in [-0.05, 0) is 38.0 Å². The third kappa shape index (κ3) is 5.55. The molecule has 0 saturated carbocycles. The number of halogens is 2. The molecule has 1 atom stereocenters. The zero-order valence-corrected chi connectivity index (χ0v) is 16.7. The monoisotopic (exact) mass is 376 g/mol. The van der Waals surface area contributed by atoms with E-state index in [4.69, 9.17) is 9.47 Å². The van der Waals surface area contributed by atoms with Crippen molar-refractivity contribution in [3.8, 4) is 11.5 Å². The Morgan fingerprint density at radius 3 is 2.08 bits per heavy atom. The van der Waals surface area contributed by atoms with Gasteiger partial charge in [-0.25, -0.2) is 0 Å². The van der Waals surface area contributed by atoms with E-state index in [-0.39, 0.29) is 30.9 Å². The van der Waals surface area contributed by atoms with Crippen molar-refractivity contribution in [1.29, 1.82) is 0 Å². The fourth-order valence-electron chi connectivity index (χ4n) is 3.14. The molecule has 1 N–H and O–H groups in total. The van der Waals surface area contributed by atoms with Gasteiger partial charge in [-0.3, -0.25) is 4.90 Å². The van der Waals surface area contributed by atoms with Crippen LogP contribution in [0.25, 0.3) is 0 Å². The van der Waals surface area contributed by atoms with E-state index in [1.165, 1.54) is 5.57 Å². The topological polar surface area (TPSA) is 33.7 Å². The number of nitrogens with zero attached hydrogens (tertiary/aromatic N) is 1. The lowest BCUT2D eigenvalue weighted by Crippen LogP contribution is -2.45. The predicted molar refractivity (Wildman–Crippen MR) is 105 cm³/mol. The molecule has 1 saturated heterocycles. The van der Waals surface area contributed by atoms with Gasteiger partial charge in [0.15, 0.2) is 0 Å². The minimum Gasteiger partial charge on any atom is -0.496 e. The number of piperazine rings is 1. The summed E-state index contributed by atoms with van der Waals surface area (Å²) in [6.45, 7) is 12.4. The molecule has 1 aliphatic rings. The lowest BCUT2D eigenvalue weighted by Gasteiger charge is -2.36. The van der Waals surface area contributed by atoms with Crippen LogP contribution in [0.2, 0.25) is 0 Å². The Kier molecular flexibility index (Phi) is 10.4. The zero-order valence-electron chi connectivity index (χ0n) is 15.1. The van der Waals surface area contributed by atoms with Crippen molar-refractivity contribution in [1.82, 2.24) is 10.2 Å². The van der Waals surface area contributed by atoms with Crippen molar-refractivity contribution in [3.05, 3.63) is 35.4 Å². The Hall–Kier alpha value is -0.940. The summed E-state index contributed by atoms with van der Waals surface area (Å²) in [6.07, 6.45) is 0.912. The van der Waals surface area contributed by atoms with E-state index < -0.39 is 0 Å². The summed E-state index contributed by atoms with van der Waals surface area (Å²) in [4.78, 5) is 2.50. The SMILES string of the molecule is C=C(C)C[C@H](c1c(OC)cc(C)cc1OC)N1CCNCC1.Cl.Cl. The van der Waals surface area contributed by atoms with Crippen LogP contribution in [0.15, 0.2) is 24.3 Å². The van der Waals surface area contributed by atoms with Gasteiger partial charge < -0.3 is 14.8 Å². The van der Waals surface area contributed by atoms with E-state index in [1.54, 1.807) is 14.2 Å². The average Bonchev–Trinajstić information content (AvgIpc) is 2.52. The lowest BCUT2D eigenvalue weighted by atomic mass is 9.95. The average molecular weight is 377 g/mol. The standard InChI is InChI=1S/C18H28N2O2.2ClH/c1-13(2)10-15(20-8-6-19-7-9-20)18-16(21-4)11-14(3)12-17(18)22-5;;/h11-12,15,19H,1,6-10H2,2-5H3;2*1H/t15-;;/m1../s1. The van der Waals surface area contributed by atoms with Crippen molar-refractivity contribution in [2.75, 3.05) is 40.4 Å². The van der Waals surface area contributed by atoms with E-state index in [0.717, 1.165) is 55.2 Å². The molecule has 0 amide bonds. The van der Waals surface area contributed by atoms with E-state index in [2.05, 4.69) is 42.8 Å².